The van der Waals surface area contributed by atoms with Crippen molar-refractivity contribution in [1.82, 2.24) is 5.32 Å². The molecule has 0 aliphatic carbocycles. The Kier molecular flexibility index (Phi) is 6.42. The molecule has 4 atom stereocenters. The fraction of sp³-hybridized carbons (Fsp3) is 0.684. The van der Waals surface area contributed by atoms with E-state index in [1.54, 1.807) is 0 Å². The molecule has 3 heterocycles. The number of esters is 1. The van der Waals surface area contributed by atoms with Crippen LogP contribution in [0.1, 0.15) is 51.9 Å². The molecule has 0 radical (unpaired) electrons. The topological polar surface area (TPSA) is 84.9 Å². The summed E-state index contributed by atoms with van der Waals surface area (Å²) in [5.41, 5.74) is 0.982. The Hall–Kier alpha value is -1.31. The quantitative estimate of drug-likeness (QED) is 0.536. The van der Waals surface area contributed by atoms with Crippen LogP contribution < -0.4 is 5.32 Å². The zero-order chi connectivity index (χ0) is 18.6. The van der Waals surface area contributed by atoms with Gasteiger partial charge in [-0.05, 0) is 39.0 Å². The largest absolute Gasteiger partial charge is 0.459 e. The summed E-state index contributed by atoms with van der Waals surface area (Å²) < 4.78 is 11.6. The predicted molar refractivity (Wildman–Crippen MR) is 99.7 cm³/mol. The molecule has 2 N–H and O–H groups in total. The van der Waals surface area contributed by atoms with Crippen LogP contribution in [0.15, 0.2) is 23.8 Å². The summed E-state index contributed by atoms with van der Waals surface area (Å²) in [5.74, 6) is -1.43. The van der Waals surface area contributed by atoms with E-state index < -0.39 is 17.9 Å². The highest BCUT2D eigenvalue weighted by Crippen LogP contribution is 2.36. The minimum Gasteiger partial charge on any atom is -0.459 e. The van der Waals surface area contributed by atoms with Crippen LogP contribution in [0, 0.1) is 0 Å². The van der Waals surface area contributed by atoms with E-state index in [0.29, 0.717) is 12.2 Å². The third-order valence-corrected chi connectivity index (χ3v) is 5.93. The number of hydrogen-bond donors (Lipinski definition) is 2. The first kappa shape index (κ1) is 19.5. The van der Waals surface area contributed by atoms with E-state index in [1.807, 2.05) is 6.92 Å². The summed E-state index contributed by atoms with van der Waals surface area (Å²) in [4.78, 5) is 23.8. The van der Waals surface area contributed by atoms with Gasteiger partial charge in [-0.15, -0.1) is 0 Å². The Bertz CT molecular complexity index is 605. The van der Waals surface area contributed by atoms with E-state index in [9.17, 15) is 14.7 Å². The van der Waals surface area contributed by atoms with Crippen molar-refractivity contribution in [3.8, 4) is 0 Å². The average molecular weight is 381 g/mol. The second-order valence-electron chi connectivity index (χ2n) is 7.31. The van der Waals surface area contributed by atoms with E-state index in [1.165, 1.54) is 6.08 Å². The lowest BCUT2D eigenvalue weighted by Crippen LogP contribution is -2.58. The monoisotopic (exact) mass is 381 g/mol. The zero-order valence-corrected chi connectivity index (χ0v) is 15.9. The van der Waals surface area contributed by atoms with Gasteiger partial charge < -0.3 is 19.9 Å². The van der Waals surface area contributed by atoms with Gasteiger partial charge in [0.15, 0.2) is 5.79 Å². The molecular weight excluding hydrogens is 354 g/mol. The third kappa shape index (κ3) is 5.11. The number of rotatable bonds is 1. The average Bonchev–Trinajstić information content (AvgIpc) is 3.00. The second kappa shape index (κ2) is 8.59. The number of carbonyl (C=O) groups is 2. The van der Waals surface area contributed by atoms with Crippen LogP contribution in [0.25, 0.3) is 0 Å². The Morgan fingerprint density at radius 1 is 1.27 bits per heavy atom. The van der Waals surface area contributed by atoms with Gasteiger partial charge >= 0.3 is 5.97 Å². The molecule has 1 amide bonds. The number of nitrogens with one attached hydrogen (secondary N) is 1. The van der Waals surface area contributed by atoms with Gasteiger partial charge in [0.1, 0.15) is 6.10 Å². The lowest BCUT2D eigenvalue weighted by molar-refractivity contribution is -0.283. The first-order valence-electron chi connectivity index (χ1n) is 9.31. The fourth-order valence-electron chi connectivity index (χ4n) is 3.69. The molecule has 0 aromatic heterocycles. The van der Waals surface area contributed by atoms with E-state index in [-0.39, 0.29) is 23.7 Å². The summed E-state index contributed by atoms with van der Waals surface area (Å²) in [7, 11) is 0. The van der Waals surface area contributed by atoms with Crippen molar-refractivity contribution in [3.05, 3.63) is 23.8 Å². The number of ether oxygens (including phenoxy) is 2. The summed E-state index contributed by atoms with van der Waals surface area (Å²) in [6, 6.07) is -0.486. The molecule has 0 aromatic rings. The van der Waals surface area contributed by atoms with Gasteiger partial charge in [0.2, 0.25) is 0 Å². The Balaban J connectivity index is 1.76. The summed E-state index contributed by atoms with van der Waals surface area (Å²) >= 11 is 1.14. The standard InChI is InChI=1S/C19H27NO5S/c1-13-7-5-3-2-4-6-8-14-10-15(24-17(21)9-13)11-19(23,25-14)16-12-26-18(22)20-16/h2-3,9,14-16,23H,4-8,10-12H2,1H3,(H,20,22)/b3-2+,13-9-/t14-,15?,16+,19-/m1/s1. The molecule has 1 unspecified atom stereocenters. The number of amides is 1. The Morgan fingerprint density at radius 2 is 2.08 bits per heavy atom. The molecule has 2 fully saturated rings. The summed E-state index contributed by atoms with van der Waals surface area (Å²) in [5, 5.41) is 13.7. The van der Waals surface area contributed by atoms with Crippen LogP contribution in [0.2, 0.25) is 0 Å². The van der Waals surface area contributed by atoms with Gasteiger partial charge in [0, 0.05) is 24.7 Å². The maximum Gasteiger partial charge on any atom is 0.330 e. The second-order valence-corrected chi connectivity index (χ2v) is 8.30. The molecular formula is C19H27NO5S. The van der Waals surface area contributed by atoms with E-state index >= 15 is 0 Å². The van der Waals surface area contributed by atoms with Crippen molar-refractivity contribution in [2.75, 3.05) is 5.75 Å². The lowest BCUT2D eigenvalue weighted by atomic mass is 9.91. The van der Waals surface area contributed by atoms with E-state index in [2.05, 4.69) is 17.5 Å². The van der Waals surface area contributed by atoms with Crippen molar-refractivity contribution in [1.29, 1.82) is 0 Å². The Labute approximate surface area is 158 Å². The van der Waals surface area contributed by atoms with Crippen LogP contribution >= 0.6 is 11.8 Å². The normalized spacial score (nSPS) is 39.9. The van der Waals surface area contributed by atoms with Crippen LogP contribution in [0.4, 0.5) is 4.79 Å². The van der Waals surface area contributed by atoms with E-state index in [0.717, 1.165) is 49.4 Å². The highest BCUT2D eigenvalue weighted by atomic mass is 32.2. The molecule has 26 heavy (non-hydrogen) atoms. The van der Waals surface area contributed by atoms with E-state index in [4.69, 9.17) is 9.47 Å². The van der Waals surface area contributed by atoms with Gasteiger partial charge in [0.25, 0.3) is 5.24 Å². The van der Waals surface area contributed by atoms with Gasteiger partial charge in [-0.3, -0.25) is 4.79 Å². The SMILES string of the molecule is C/C1=C/C(=O)OC2C[C@@H](CCC/C=C/CC1)O[C@@](O)([C@@H]1CSC(=O)N1)C2. The van der Waals surface area contributed by atoms with Gasteiger partial charge in [-0.25, -0.2) is 4.79 Å². The van der Waals surface area contributed by atoms with Crippen molar-refractivity contribution < 1.29 is 24.2 Å². The molecule has 3 aliphatic rings. The van der Waals surface area contributed by atoms with Gasteiger partial charge in [0.05, 0.1) is 12.1 Å². The highest BCUT2D eigenvalue weighted by Gasteiger charge is 2.49. The number of allylic oxidation sites excluding steroid dienone is 3. The molecule has 3 rings (SSSR count). The predicted octanol–water partition coefficient (Wildman–Crippen LogP) is 3.06. The van der Waals surface area contributed by atoms with Gasteiger partial charge in [-0.1, -0.05) is 29.5 Å². The molecule has 3 aliphatic heterocycles. The van der Waals surface area contributed by atoms with Crippen molar-refractivity contribution >= 4 is 23.0 Å². The number of carbonyl (C=O) groups excluding carboxylic acids is 2. The molecule has 2 bridgehead atoms. The highest BCUT2D eigenvalue weighted by molar-refractivity contribution is 8.14. The number of hydrogen-bond acceptors (Lipinski definition) is 6. The summed E-state index contributed by atoms with van der Waals surface area (Å²) in [6.07, 6.45) is 10.4. The molecule has 0 aromatic carbocycles. The third-order valence-electron chi connectivity index (χ3n) is 5.05. The van der Waals surface area contributed by atoms with Crippen molar-refractivity contribution in [2.24, 2.45) is 0 Å². The molecule has 0 saturated carbocycles. The minimum atomic E-state index is -1.50. The summed E-state index contributed by atoms with van der Waals surface area (Å²) in [6.45, 7) is 1.93. The molecule has 144 valence electrons. The first-order valence-corrected chi connectivity index (χ1v) is 10.3. The van der Waals surface area contributed by atoms with Crippen molar-refractivity contribution in [3.63, 3.8) is 0 Å². The molecule has 0 spiro atoms. The van der Waals surface area contributed by atoms with Crippen LogP contribution in [-0.2, 0) is 14.3 Å². The van der Waals surface area contributed by atoms with Crippen LogP contribution in [0.5, 0.6) is 0 Å². The van der Waals surface area contributed by atoms with Crippen LogP contribution in [-0.4, -0.2) is 46.1 Å². The first-order chi connectivity index (χ1) is 12.4. The minimum absolute atomic E-state index is 0.159. The number of aliphatic hydroxyl groups is 1. The number of fused-ring (bicyclic) bond motifs is 2. The van der Waals surface area contributed by atoms with Gasteiger partial charge in [-0.2, -0.15) is 0 Å². The maximum atomic E-state index is 12.2. The van der Waals surface area contributed by atoms with Crippen molar-refractivity contribution in [2.45, 2.75) is 75.9 Å². The molecule has 6 nitrogen and oxygen atoms in total. The lowest BCUT2D eigenvalue weighted by Gasteiger charge is -2.43. The molecule has 7 heteroatoms. The van der Waals surface area contributed by atoms with Crippen LogP contribution in [0.3, 0.4) is 0 Å². The zero-order valence-electron chi connectivity index (χ0n) is 15.1. The Morgan fingerprint density at radius 3 is 2.85 bits per heavy atom. The smallest absolute Gasteiger partial charge is 0.330 e. The fourth-order valence-corrected chi connectivity index (χ4v) is 4.58. The molecule has 2 saturated heterocycles. The number of thioether (sulfide) groups is 1. The maximum absolute atomic E-state index is 12.2.